The second kappa shape index (κ2) is 9.82. The van der Waals surface area contributed by atoms with Gasteiger partial charge in [-0.1, -0.05) is 13.8 Å². The Hall–Kier alpha value is -1.96. The van der Waals surface area contributed by atoms with Crippen molar-refractivity contribution in [3.05, 3.63) is 24.3 Å². The summed E-state index contributed by atoms with van der Waals surface area (Å²) >= 11 is 0. The molecular formula is C20H31N3O4. The van der Waals surface area contributed by atoms with E-state index in [4.69, 9.17) is 9.47 Å². The summed E-state index contributed by atoms with van der Waals surface area (Å²) in [6, 6.07) is 6.85. The fourth-order valence-corrected chi connectivity index (χ4v) is 3.52. The molecule has 150 valence electrons. The van der Waals surface area contributed by atoms with E-state index in [1.165, 1.54) is 7.11 Å². The molecular weight excluding hydrogens is 346 g/mol. The number of benzene rings is 1. The van der Waals surface area contributed by atoms with E-state index in [-0.39, 0.29) is 42.6 Å². The SMILES string of the molecule is COCC(=O)Nc1ccc(NC(=O)[C@H](C(C)C)N2C[C@H](C)O[C@@H](C)C2)cc1. The van der Waals surface area contributed by atoms with Crippen LogP contribution in [0.1, 0.15) is 27.7 Å². The summed E-state index contributed by atoms with van der Waals surface area (Å²) in [7, 11) is 1.47. The average molecular weight is 377 g/mol. The van der Waals surface area contributed by atoms with Crippen LogP contribution in [0.2, 0.25) is 0 Å². The van der Waals surface area contributed by atoms with Gasteiger partial charge in [0, 0.05) is 31.6 Å². The molecule has 0 aromatic heterocycles. The van der Waals surface area contributed by atoms with Crippen LogP contribution in [0.5, 0.6) is 0 Å². The Morgan fingerprint density at radius 2 is 1.63 bits per heavy atom. The highest BCUT2D eigenvalue weighted by Crippen LogP contribution is 2.21. The maximum absolute atomic E-state index is 12.9. The molecule has 0 radical (unpaired) electrons. The lowest BCUT2D eigenvalue weighted by Crippen LogP contribution is -2.55. The standard InChI is InChI=1S/C20H31N3O4/c1-13(2)19(23-10-14(3)27-15(4)11-23)20(25)22-17-8-6-16(7-9-17)21-18(24)12-26-5/h6-9,13-15,19H,10-12H2,1-5H3,(H,21,24)(H,22,25)/t14-,15-,19-/m0/s1. The highest BCUT2D eigenvalue weighted by Gasteiger charge is 2.34. The quantitative estimate of drug-likeness (QED) is 0.762. The Balaban J connectivity index is 2.01. The van der Waals surface area contributed by atoms with E-state index in [1.54, 1.807) is 24.3 Å². The maximum atomic E-state index is 12.9. The summed E-state index contributed by atoms with van der Waals surface area (Å²) in [6.07, 6.45) is 0.218. The van der Waals surface area contributed by atoms with Gasteiger partial charge in [-0.05, 0) is 44.0 Å². The van der Waals surface area contributed by atoms with Gasteiger partial charge in [0.2, 0.25) is 11.8 Å². The summed E-state index contributed by atoms with van der Waals surface area (Å²) in [6.45, 7) is 9.68. The smallest absolute Gasteiger partial charge is 0.250 e. The van der Waals surface area contributed by atoms with Gasteiger partial charge < -0.3 is 20.1 Å². The predicted octanol–water partition coefficient (Wildman–Crippen LogP) is 2.34. The molecule has 2 amide bonds. The van der Waals surface area contributed by atoms with Crippen LogP contribution in [0, 0.1) is 5.92 Å². The first kappa shape index (κ1) is 21.3. The zero-order chi connectivity index (χ0) is 20.0. The maximum Gasteiger partial charge on any atom is 0.250 e. The molecule has 1 heterocycles. The molecule has 7 nitrogen and oxygen atoms in total. The van der Waals surface area contributed by atoms with Crippen molar-refractivity contribution in [2.75, 3.05) is 37.4 Å². The van der Waals surface area contributed by atoms with Crippen LogP contribution in [-0.2, 0) is 19.1 Å². The van der Waals surface area contributed by atoms with Crippen LogP contribution in [0.3, 0.4) is 0 Å². The van der Waals surface area contributed by atoms with Crippen molar-refractivity contribution in [1.82, 2.24) is 4.90 Å². The number of nitrogens with one attached hydrogen (secondary N) is 2. The molecule has 1 aliphatic heterocycles. The first-order valence-corrected chi connectivity index (χ1v) is 9.39. The average Bonchev–Trinajstić information content (AvgIpc) is 2.55. The number of nitrogens with zero attached hydrogens (tertiary/aromatic N) is 1. The van der Waals surface area contributed by atoms with Crippen LogP contribution in [0.15, 0.2) is 24.3 Å². The summed E-state index contributed by atoms with van der Waals surface area (Å²) < 4.78 is 10.6. The van der Waals surface area contributed by atoms with Gasteiger partial charge in [0.15, 0.2) is 0 Å². The molecule has 0 saturated carbocycles. The van der Waals surface area contributed by atoms with E-state index in [0.29, 0.717) is 11.4 Å². The molecule has 0 bridgehead atoms. The molecule has 1 saturated heterocycles. The minimum absolute atomic E-state index is 0.00491. The second-order valence-electron chi connectivity index (χ2n) is 7.45. The number of rotatable bonds is 7. The molecule has 0 aliphatic carbocycles. The van der Waals surface area contributed by atoms with Crippen LogP contribution in [0.25, 0.3) is 0 Å². The van der Waals surface area contributed by atoms with Gasteiger partial charge in [0.05, 0.1) is 18.2 Å². The molecule has 1 fully saturated rings. The molecule has 1 aromatic rings. The zero-order valence-electron chi connectivity index (χ0n) is 16.8. The lowest BCUT2D eigenvalue weighted by Gasteiger charge is -2.41. The Labute approximate surface area is 161 Å². The number of ether oxygens (including phenoxy) is 2. The van der Waals surface area contributed by atoms with Crippen LogP contribution in [0.4, 0.5) is 11.4 Å². The molecule has 0 unspecified atom stereocenters. The largest absolute Gasteiger partial charge is 0.375 e. The molecule has 1 aromatic carbocycles. The lowest BCUT2D eigenvalue weighted by molar-refractivity contribution is -0.130. The van der Waals surface area contributed by atoms with Crippen molar-refractivity contribution < 1.29 is 19.1 Å². The normalized spacial score (nSPS) is 21.7. The number of hydrogen-bond donors (Lipinski definition) is 2. The summed E-state index contributed by atoms with van der Waals surface area (Å²) in [5.41, 5.74) is 1.36. The Morgan fingerprint density at radius 3 is 2.11 bits per heavy atom. The Morgan fingerprint density at radius 1 is 1.11 bits per heavy atom. The van der Waals surface area contributed by atoms with Gasteiger partial charge in [-0.3, -0.25) is 14.5 Å². The number of morpholine rings is 1. The van der Waals surface area contributed by atoms with Gasteiger partial charge in [-0.2, -0.15) is 0 Å². The topological polar surface area (TPSA) is 79.9 Å². The number of carbonyl (C=O) groups excluding carboxylic acids is 2. The summed E-state index contributed by atoms with van der Waals surface area (Å²) in [5, 5.41) is 5.72. The fraction of sp³-hybridized carbons (Fsp3) is 0.600. The minimum atomic E-state index is -0.222. The van der Waals surface area contributed by atoms with Gasteiger partial charge >= 0.3 is 0 Å². The molecule has 2 N–H and O–H groups in total. The van der Waals surface area contributed by atoms with Gasteiger partial charge in [0.1, 0.15) is 6.61 Å². The van der Waals surface area contributed by atoms with Crippen molar-refractivity contribution in [1.29, 1.82) is 0 Å². The third-order valence-corrected chi connectivity index (χ3v) is 4.45. The van der Waals surface area contributed by atoms with Crippen molar-refractivity contribution in [3.63, 3.8) is 0 Å². The number of hydrogen-bond acceptors (Lipinski definition) is 5. The molecule has 2 rings (SSSR count). The number of amides is 2. The summed E-state index contributed by atoms with van der Waals surface area (Å²) in [5.74, 6) is -0.0673. The molecule has 27 heavy (non-hydrogen) atoms. The highest BCUT2D eigenvalue weighted by molar-refractivity contribution is 5.96. The Kier molecular flexibility index (Phi) is 7.77. The van der Waals surface area contributed by atoms with Crippen molar-refractivity contribution in [3.8, 4) is 0 Å². The third-order valence-electron chi connectivity index (χ3n) is 4.45. The van der Waals surface area contributed by atoms with E-state index in [1.807, 2.05) is 13.8 Å². The molecule has 7 heteroatoms. The monoisotopic (exact) mass is 377 g/mol. The first-order valence-electron chi connectivity index (χ1n) is 9.39. The van der Waals surface area contributed by atoms with E-state index in [9.17, 15) is 9.59 Å². The second-order valence-corrected chi connectivity index (χ2v) is 7.45. The number of methoxy groups -OCH3 is 1. The fourth-order valence-electron chi connectivity index (χ4n) is 3.52. The van der Waals surface area contributed by atoms with E-state index >= 15 is 0 Å². The predicted molar refractivity (Wildman–Crippen MR) is 106 cm³/mol. The zero-order valence-corrected chi connectivity index (χ0v) is 16.8. The van der Waals surface area contributed by atoms with Crippen molar-refractivity contribution in [2.24, 2.45) is 5.92 Å². The van der Waals surface area contributed by atoms with Gasteiger partial charge in [0.25, 0.3) is 0 Å². The number of anilines is 2. The lowest BCUT2D eigenvalue weighted by atomic mass is 9.99. The van der Waals surface area contributed by atoms with Gasteiger partial charge in [-0.25, -0.2) is 0 Å². The molecule has 3 atom stereocenters. The van der Waals surface area contributed by atoms with Crippen LogP contribution >= 0.6 is 0 Å². The minimum Gasteiger partial charge on any atom is -0.375 e. The van der Waals surface area contributed by atoms with E-state index in [2.05, 4.69) is 29.4 Å². The highest BCUT2D eigenvalue weighted by atomic mass is 16.5. The molecule has 0 spiro atoms. The number of carbonyl (C=O) groups is 2. The summed E-state index contributed by atoms with van der Waals surface area (Å²) in [4.78, 5) is 26.7. The van der Waals surface area contributed by atoms with Gasteiger partial charge in [-0.15, -0.1) is 0 Å². The third kappa shape index (κ3) is 6.30. The van der Waals surface area contributed by atoms with Crippen molar-refractivity contribution >= 4 is 23.2 Å². The van der Waals surface area contributed by atoms with Crippen LogP contribution in [-0.4, -0.2) is 61.8 Å². The van der Waals surface area contributed by atoms with E-state index < -0.39 is 0 Å². The van der Waals surface area contributed by atoms with Crippen LogP contribution < -0.4 is 10.6 Å². The molecule has 1 aliphatic rings. The first-order chi connectivity index (χ1) is 12.8. The van der Waals surface area contributed by atoms with Crippen molar-refractivity contribution in [2.45, 2.75) is 45.9 Å². The van der Waals surface area contributed by atoms with E-state index in [0.717, 1.165) is 13.1 Å². The Bertz CT molecular complexity index is 623.